The fourth-order valence-corrected chi connectivity index (χ4v) is 2.45. The van der Waals surface area contributed by atoms with Crippen LogP contribution in [0.1, 0.15) is 29.8 Å². The van der Waals surface area contributed by atoms with E-state index in [1.807, 2.05) is 0 Å². The minimum absolute atomic E-state index is 0.00672. The molecule has 1 aromatic carbocycles. The maximum Gasteiger partial charge on any atom is 0.416 e. The van der Waals surface area contributed by atoms with Gasteiger partial charge in [-0.3, -0.25) is 4.79 Å². The average Bonchev–Trinajstić information content (AvgIpc) is 2.67. The van der Waals surface area contributed by atoms with Crippen molar-refractivity contribution in [3.63, 3.8) is 0 Å². The Bertz CT molecular complexity index is 836. The summed E-state index contributed by atoms with van der Waals surface area (Å²) < 4.78 is 43.6. The molecule has 2 aromatic rings. The molecule has 0 bridgehead atoms. The van der Waals surface area contributed by atoms with Crippen molar-refractivity contribution in [1.29, 1.82) is 0 Å². The van der Waals surface area contributed by atoms with Gasteiger partial charge < -0.3 is 15.0 Å². The summed E-state index contributed by atoms with van der Waals surface area (Å²) in [7, 11) is 0. The van der Waals surface area contributed by atoms with Gasteiger partial charge in [0.25, 0.3) is 5.91 Å². The lowest BCUT2D eigenvalue weighted by molar-refractivity contribution is -0.137. The first-order chi connectivity index (χ1) is 13.3. The molecule has 0 unspecified atom stereocenters. The second-order valence-electron chi connectivity index (χ2n) is 5.75. The van der Waals surface area contributed by atoms with Gasteiger partial charge in [-0.05, 0) is 44.2 Å². The Morgan fingerprint density at radius 3 is 2.50 bits per heavy atom. The van der Waals surface area contributed by atoms with Gasteiger partial charge in [-0.2, -0.15) is 13.2 Å². The monoisotopic (exact) mass is 395 g/mol. The van der Waals surface area contributed by atoms with Crippen LogP contribution in [0, 0.1) is 0 Å². The summed E-state index contributed by atoms with van der Waals surface area (Å²) in [5, 5.41) is 2.69. The topological polar surface area (TPSA) is 71.5 Å². The molecular formula is C19H20F3N3O3. The number of halogens is 3. The molecule has 0 aliphatic carbocycles. The standard InChI is InChI=1S/C19H20F3N3O3/c1-3-25(4-2)16(26)12-28-18(27)15-9-6-10-23-17(15)24-14-8-5-7-13(11-14)19(20,21)22/h5-11H,3-4,12H2,1-2H3,(H,23,24). The van der Waals surface area contributed by atoms with Crippen molar-refractivity contribution in [3.05, 3.63) is 53.7 Å². The summed E-state index contributed by atoms with van der Waals surface area (Å²) in [6.07, 6.45) is -3.11. The number of hydrogen-bond acceptors (Lipinski definition) is 5. The van der Waals surface area contributed by atoms with Crippen LogP contribution in [0.15, 0.2) is 42.6 Å². The molecule has 1 N–H and O–H groups in total. The van der Waals surface area contributed by atoms with Crippen molar-refractivity contribution in [2.45, 2.75) is 20.0 Å². The molecule has 0 saturated carbocycles. The molecule has 0 aliphatic heterocycles. The zero-order valence-corrected chi connectivity index (χ0v) is 15.4. The molecule has 0 spiro atoms. The molecule has 6 nitrogen and oxygen atoms in total. The van der Waals surface area contributed by atoms with Gasteiger partial charge in [-0.25, -0.2) is 9.78 Å². The van der Waals surface area contributed by atoms with Gasteiger partial charge in [-0.15, -0.1) is 0 Å². The Morgan fingerprint density at radius 2 is 1.86 bits per heavy atom. The van der Waals surface area contributed by atoms with E-state index in [9.17, 15) is 22.8 Å². The maximum atomic E-state index is 12.9. The SMILES string of the molecule is CCN(CC)C(=O)COC(=O)c1cccnc1Nc1cccc(C(F)(F)F)c1. The zero-order valence-electron chi connectivity index (χ0n) is 15.4. The first kappa shape index (κ1) is 21.2. The van der Waals surface area contributed by atoms with E-state index in [0.717, 1.165) is 12.1 Å². The lowest BCUT2D eigenvalue weighted by Gasteiger charge is -2.18. The molecule has 9 heteroatoms. The number of nitrogens with one attached hydrogen (secondary N) is 1. The molecule has 1 heterocycles. The number of aromatic nitrogens is 1. The minimum atomic E-state index is -4.49. The fraction of sp³-hybridized carbons (Fsp3) is 0.316. The molecule has 0 aliphatic rings. The first-order valence-electron chi connectivity index (χ1n) is 8.60. The van der Waals surface area contributed by atoms with E-state index in [1.54, 1.807) is 13.8 Å². The van der Waals surface area contributed by atoms with E-state index in [4.69, 9.17) is 4.74 Å². The summed E-state index contributed by atoms with van der Waals surface area (Å²) in [5.74, 6) is -1.11. The van der Waals surface area contributed by atoms with Crippen molar-refractivity contribution in [2.24, 2.45) is 0 Å². The van der Waals surface area contributed by atoms with E-state index < -0.39 is 24.3 Å². The van der Waals surface area contributed by atoms with Gasteiger partial charge in [0.15, 0.2) is 6.61 Å². The van der Waals surface area contributed by atoms with Crippen molar-refractivity contribution in [3.8, 4) is 0 Å². The molecular weight excluding hydrogens is 375 g/mol. The van der Waals surface area contributed by atoms with Gasteiger partial charge in [0.2, 0.25) is 0 Å². The van der Waals surface area contributed by atoms with Crippen LogP contribution in [-0.4, -0.2) is 41.5 Å². The summed E-state index contributed by atoms with van der Waals surface area (Å²) in [6.45, 7) is 4.16. The number of alkyl halides is 3. The smallest absolute Gasteiger partial charge is 0.416 e. The predicted molar refractivity (Wildman–Crippen MR) is 97.2 cm³/mol. The van der Waals surface area contributed by atoms with Gasteiger partial charge in [-0.1, -0.05) is 6.07 Å². The highest BCUT2D eigenvalue weighted by molar-refractivity contribution is 5.96. The van der Waals surface area contributed by atoms with Crippen LogP contribution < -0.4 is 5.32 Å². The van der Waals surface area contributed by atoms with E-state index >= 15 is 0 Å². The molecule has 0 fully saturated rings. The van der Waals surface area contributed by atoms with E-state index in [1.165, 1.54) is 35.4 Å². The number of likely N-dealkylation sites (N-methyl/N-ethyl adjacent to an activating group) is 1. The number of carbonyl (C=O) groups is 2. The number of hydrogen-bond donors (Lipinski definition) is 1. The molecule has 0 atom stereocenters. The molecule has 1 amide bonds. The van der Waals surface area contributed by atoms with Crippen LogP contribution in [0.4, 0.5) is 24.7 Å². The van der Waals surface area contributed by atoms with Crippen molar-refractivity contribution in [1.82, 2.24) is 9.88 Å². The quantitative estimate of drug-likeness (QED) is 0.721. The Labute approximate surface area is 160 Å². The zero-order chi connectivity index (χ0) is 20.7. The third kappa shape index (κ3) is 5.45. The third-order valence-electron chi connectivity index (χ3n) is 3.92. The highest BCUT2D eigenvalue weighted by Gasteiger charge is 2.30. The van der Waals surface area contributed by atoms with Crippen molar-refractivity contribution < 1.29 is 27.5 Å². The predicted octanol–water partition coefficient (Wildman–Crippen LogP) is 3.87. The summed E-state index contributed by atoms with van der Waals surface area (Å²) in [6, 6.07) is 7.41. The average molecular weight is 395 g/mol. The van der Waals surface area contributed by atoms with Crippen LogP contribution >= 0.6 is 0 Å². The van der Waals surface area contributed by atoms with Gasteiger partial charge in [0.1, 0.15) is 11.4 Å². The minimum Gasteiger partial charge on any atom is -0.452 e. The van der Waals surface area contributed by atoms with Crippen LogP contribution in [0.25, 0.3) is 0 Å². The normalized spacial score (nSPS) is 11.0. The van der Waals surface area contributed by atoms with E-state index in [2.05, 4.69) is 10.3 Å². The Hall–Kier alpha value is -3.10. The Kier molecular flexibility index (Phi) is 6.97. The Balaban J connectivity index is 2.15. The number of amides is 1. The molecule has 28 heavy (non-hydrogen) atoms. The van der Waals surface area contributed by atoms with Crippen molar-refractivity contribution >= 4 is 23.4 Å². The Morgan fingerprint density at radius 1 is 1.14 bits per heavy atom. The highest BCUT2D eigenvalue weighted by Crippen LogP contribution is 2.31. The molecule has 2 rings (SSSR count). The lowest BCUT2D eigenvalue weighted by Crippen LogP contribution is -2.34. The van der Waals surface area contributed by atoms with Crippen LogP contribution in [0.2, 0.25) is 0 Å². The number of carbonyl (C=O) groups excluding carboxylic acids is 2. The molecule has 0 radical (unpaired) electrons. The van der Waals surface area contributed by atoms with Crippen LogP contribution in [0.5, 0.6) is 0 Å². The largest absolute Gasteiger partial charge is 0.452 e. The summed E-state index contributed by atoms with van der Waals surface area (Å²) in [4.78, 5) is 29.8. The van der Waals surface area contributed by atoms with Gasteiger partial charge >= 0.3 is 12.1 Å². The second kappa shape index (κ2) is 9.20. The van der Waals surface area contributed by atoms with Gasteiger partial charge in [0.05, 0.1) is 5.56 Å². The van der Waals surface area contributed by atoms with E-state index in [0.29, 0.717) is 13.1 Å². The summed E-state index contributed by atoms with van der Waals surface area (Å²) >= 11 is 0. The lowest BCUT2D eigenvalue weighted by atomic mass is 10.2. The number of rotatable bonds is 7. The second-order valence-corrected chi connectivity index (χ2v) is 5.75. The number of pyridine rings is 1. The number of ether oxygens (including phenoxy) is 1. The maximum absolute atomic E-state index is 12.9. The third-order valence-corrected chi connectivity index (χ3v) is 3.92. The highest BCUT2D eigenvalue weighted by atomic mass is 19.4. The molecule has 150 valence electrons. The van der Waals surface area contributed by atoms with Gasteiger partial charge in [0, 0.05) is 25.0 Å². The number of anilines is 2. The molecule has 1 aromatic heterocycles. The number of benzene rings is 1. The van der Waals surface area contributed by atoms with Crippen LogP contribution in [-0.2, 0) is 15.7 Å². The number of esters is 1. The van der Waals surface area contributed by atoms with E-state index in [-0.39, 0.29) is 23.0 Å². The molecule has 0 saturated heterocycles. The first-order valence-corrected chi connectivity index (χ1v) is 8.60. The van der Waals surface area contributed by atoms with Crippen LogP contribution in [0.3, 0.4) is 0 Å². The summed E-state index contributed by atoms with van der Waals surface area (Å²) in [5.41, 5.74) is -0.712. The fourth-order valence-electron chi connectivity index (χ4n) is 2.45. The van der Waals surface area contributed by atoms with Crippen molar-refractivity contribution in [2.75, 3.05) is 25.0 Å². The number of nitrogens with zero attached hydrogens (tertiary/aromatic N) is 2.